The standard InChI is InChI=1S/C14H20N2O4/c1-9(2)5-6-16-13(17)8-20-12-7-10(14(18)19)3-4-11(12)15/h3-4,7,9H,5-6,8,15H2,1-2H3,(H,16,17)(H,18,19). The van der Waals surface area contributed by atoms with Gasteiger partial charge in [0.15, 0.2) is 6.61 Å². The lowest BCUT2D eigenvalue weighted by Gasteiger charge is -2.10. The quantitative estimate of drug-likeness (QED) is 0.657. The predicted octanol–water partition coefficient (Wildman–Crippen LogP) is 1.51. The van der Waals surface area contributed by atoms with Crippen LogP contribution in [0.1, 0.15) is 30.6 Å². The average Bonchev–Trinajstić information content (AvgIpc) is 2.37. The van der Waals surface area contributed by atoms with E-state index in [0.717, 1.165) is 6.42 Å². The zero-order valence-electron chi connectivity index (χ0n) is 11.7. The number of aromatic carboxylic acids is 1. The normalized spacial score (nSPS) is 10.3. The lowest BCUT2D eigenvalue weighted by atomic mass is 10.1. The largest absolute Gasteiger partial charge is 0.482 e. The van der Waals surface area contributed by atoms with E-state index in [0.29, 0.717) is 18.2 Å². The number of amides is 1. The maximum atomic E-state index is 11.5. The number of hydrogen-bond donors (Lipinski definition) is 3. The van der Waals surface area contributed by atoms with Crippen molar-refractivity contribution in [2.45, 2.75) is 20.3 Å². The highest BCUT2D eigenvalue weighted by Crippen LogP contribution is 2.22. The molecule has 0 unspecified atom stereocenters. The molecule has 6 heteroatoms. The minimum atomic E-state index is -1.07. The number of carbonyl (C=O) groups is 2. The Morgan fingerprint density at radius 1 is 1.40 bits per heavy atom. The number of anilines is 1. The molecule has 0 saturated heterocycles. The van der Waals surface area contributed by atoms with Gasteiger partial charge < -0.3 is 20.9 Å². The summed E-state index contributed by atoms with van der Waals surface area (Å²) in [6, 6.07) is 4.13. The molecule has 110 valence electrons. The Labute approximate surface area is 117 Å². The van der Waals surface area contributed by atoms with E-state index in [4.69, 9.17) is 15.6 Å². The lowest BCUT2D eigenvalue weighted by Crippen LogP contribution is -2.30. The third-order valence-corrected chi connectivity index (χ3v) is 2.66. The van der Waals surface area contributed by atoms with E-state index in [2.05, 4.69) is 19.2 Å². The van der Waals surface area contributed by atoms with Crippen molar-refractivity contribution in [2.24, 2.45) is 5.92 Å². The molecule has 0 aliphatic rings. The third kappa shape index (κ3) is 5.17. The summed E-state index contributed by atoms with van der Waals surface area (Å²) in [7, 11) is 0. The van der Waals surface area contributed by atoms with Gasteiger partial charge in [-0.15, -0.1) is 0 Å². The summed E-state index contributed by atoms with van der Waals surface area (Å²) in [5, 5.41) is 11.6. The number of nitrogens with one attached hydrogen (secondary N) is 1. The van der Waals surface area contributed by atoms with Gasteiger partial charge >= 0.3 is 5.97 Å². The smallest absolute Gasteiger partial charge is 0.335 e. The Morgan fingerprint density at radius 2 is 2.10 bits per heavy atom. The maximum Gasteiger partial charge on any atom is 0.335 e. The zero-order valence-corrected chi connectivity index (χ0v) is 11.7. The molecule has 1 amide bonds. The van der Waals surface area contributed by atoms with Gasteiger partial charge in [-0.25, -0.2) is 4.79 Å². The summed E-state index contributed by atoms with van der Waals surface area (Å²) in [5.74, 6) is -0.620. The molecule has 0 fully saturated rings. The van der Waals surface area contributed by atoms with Gasteiger partial charge in [-0.3, -0.25) is 4.79 Å². The molecule has 0 radical (unpaired) electrons. The molecule has 0 aromatic heterocycles. The molecule has 0 aliphatic carbocycles. The Hall–Kier alpha value is -2.24. The Bertz CT molecular complexity index is 486. The number of nitrogens with two attached hydrogens (primary N) is 1. The number of carboxylic acid groups (broad SMARTS) is 1. The molecule has 1 rings (SSSR count). The van der Waals surface area contributed by atoms with E-state index in [-0.39, 0.29) is 23.8 Å². The molecule has 1 aromatic carbocycles. The zero-order chi connectivity index (χ0) is 15.1. The van der Waals surface area contributed by atoms with Crippen molar-refractivity contribution in [3.8, 4) is 5.75 Å². The topological polar surface area (TPSA) is 102 Å². The fraction of sp³-hybridized carbons (Fsp3) is 0.429. The van der Waals surface area contributed by atoms with Gasteiger partial charge in [0.05, 0.1) is 11.3 Å². The molecule has 0 aliphatic heterocycles. The van der Waals surface area contributed by atoms with Crippen molar-refractivity contribution in [1.82, 2.24) is 5.32 Å². The molecule has 0 saturated carbocycles. The number of rotatable bonds is 7. The van der Waals surface area contributed by atoms with Gasteiger partial charge in [0.25, 0.3) is 5.91 Å². The van der Waals surface area contributed by atoms with Gasteiger partial charge in [-0.2, -0.15) is 0 Å². The van der Waals surface area contributed by atoms with Crippen LogP contribution in [0.3, 0.4) is 0 Å². The van der Waals surface area contributed by atoms with Crippen LogP contribution in [-0.4, -0.2) is 30.1 Å². The third-order valence-electron chi connectivity index (χ3n) is 2.66. The summed E-state index contributed by atoms with van der Waals surface area (Å²) in [4.78, 5) is 22.4. The van der Waals surface area contributed by atoms with E-state index in [9.17, 15) is 9.59 Å². The van der Waals surface area contributed by atoms with Gasteiger partial charge in [-0.05, 0) is 30.5 Å². The fourth-order valence-electron chi connectivity index (χ4n) is 1.49. The van der Waals surface area contributed by atoms with Crippen molar-refractivity contribution in [3.05, 3.63) is 23.8 Å². The summed E-state index contributed by atoms with van der Waals surface area (Å²) in [5.41, 5.74) is 6.03. The minimum absolute atomic E-state index is 0.0643. The van der Waals surface area contributed by atoms with Crippen molar-refractivity contribution in [1.29, 1.82) is 0 Å². The van der Waals surface area contributed by atoms with E-state index >= 15 is 0 Å². The second kappa shape index (κ2) is 7.37. The summed E-state index contributed by atoms with van der Waals surface area (Å²) in [6.07, 6.45) is 0.891. The first-order valence-electron chi connectivity index (χ1n) is 6.42. The molecule has 0 bridgehead atoms. The van der Waals surface area contributed by atoms with Gasteiger partial charge in [0.2, 0.25) is 0 Å². The predicted molar refractivity (Wildman–Crippen MR) is 75.8 cm³/mol. The van der Waals surface area contributed by atoms with Crippen molar-refractivity contribution >= 4 is 17.6 Å². The summed E-state index contributed by atoms with van der Waals surface area (Å²) < 4.78 is 5.25. The highest BCUT2D eigenvalue weighted by atomic mass is 16.5. The first-order valence-corrected chi connectivity index (χ1v) is 6.42. The van der Waals surface area contributed by atoms with Gasteiger partial charge in [0.1, 0.15) is 5.75 Å². The number of carbonyl (C=O) groups excluding carboxylic acids is 1. The highest BCUT2D eigenvalue weighted by molar-refractivity contribution is 5.89. The number of benzene rings is 1. The highest BCUT2D eigenvalue weighted by Gasteiger charge is 2.09. The van der Waals surface area contributed by atoms with Gasteiger partial charge in [0, 0.05) is 6.54 Å². The second-order valence-electron chi connectivity index (χ2n) is 4.88. The monoisotopic (exact) mass is 280 g/mol. The second-order valence-corrected chi connectivity index (χ2v) is 4.88. The molecule has 6 nitrogen and oxygen atoms in total. The van der Waals surface area contributed by atoms with Crippen LogP contribution in [0.25, 0.3) is 0 Å². The Balaban J connectivity index is 2.50. The van der Waals surface area contributed by atoms with Crippen LogP contribution < -0.4 is 15.8 Å². The number of carboxylic acids is 1. The lowest BCUT2D eigenvalue weighted by molar-refractivity contribution is -0.123. The SMILES string of the molecule is CC(C)CCNC(=O)COc1cc(C(=O)O)ccc1N. The van der Waals surface area contributed by atoms with Crippen LogP contribution in [-0.2, 0) is 4.79 Å². The molecule has 4 N–H and O–H groups in total. The van der Waals surface area contributed by atoms with Crippen LogP contribution >= 0.6 is 0 Å². The molecule has 0 atom stereocenters. The van der Waals surface area contributed by atoms with Crippen LogP contribution in [0.4, 0.5) is 5.69 Å². The Morgan fingerprint density at radius 3 is 2.70 bits per heavy atom. The Kier molecular flexibility index (Phi) is 5.83. The molecular weight excluding hydrogens is 260 g/mol. The molecular formula is C14H20N2O4. The average molecular weight is 280 g/mol. The van der Waals surface area contributed by atoms with Crippen molar-refractivity contribution in [3.63, 3.8) is 0 Å². The molecule has 0 spiro atoms. The molecule has 20 heavy (non-hydrogen) atoms. The van der Waals surface area contributed by atoms with Crippen molar-refractivity contribution < 1.29 is 19.4 Å². The van der Waals surface area contributed by atoms with Gasteiger partial charge in [-0.1, -0.05) is 13.8 Å². The first-order chi connectivity index (χ1) is 9.40. The first kappa shape index (κ1) is 15.8. The van der Waals surface area contributed by atoms with Crippen LogP contribution in [0.5, 0.6) is 5.75 Å². The maximum absolute atomic E-state index is 11.5. The minimum Gasteiger partial charge on any atom is -0.482 e. The summed E-state index contributed by atoms with van der Waals surface area (Å²) in [6.45, 7) is 4.54. The van der Waals surface area contributed by atoms with Crippen LogP contribution in [0.2, 0.25) is 0 Å². The number of hydrogen-bond acceptors (Lipinski definition) is 4. The molecule has 1 aromatic rings. The van der Waals surface area contributed by atoms with E-state index in [1.54, 1.807) is 0 Å². The van der Waals surface area contributed by atoms with Crippen LogP contribution in [0.15, 0.2) is 18.2 Å². The number of ether oxygens (including phenoxy) is 1. The summed E-state index contributed by atoms with van der Waals surface area (Å²) >= 11 is 0. The van der Waals surface area contributed by atoms with E-state index < -0.39 is 5.97 Å². The van der Waals surface area contributed by atoms with E-state index in [1.807, 2.05) is 0 Å². The van der Waals surface area contributed by atoms with Crippen LogP contribution in [0, 0.1) is 5.92 Å². The van der Waals surface area contributed by atoms with Crippen molar-refractivity contribution in [2.75, 3.05) is 18.9 Å². The fourth-order valence-corrected chi connectivity index (χ4v) is 1.49. The molecule has 0 heterocycles. The number of nitrogen functional groups attached to an aromatic ring is 1. The van der Waals surface area contributed by atoms with E-state index in [1.165, 1.54) is 18.2 Å².